The largest absolute Gasteiger partial charge is 0.438 e. The van der Waals surface area contributed by atoms with Crippen molar-refractivity contribution in [2.24, 2.45) is 0 Å². The lowest BCUT2D eigenvalue weighted by molar-refractivity contribution is 0.0866. The minimum Gasteiger partial charge on any atom is -0.438 e. The summed E-state index contributed by atoms with van der Waals surface area (Å²) >= 11 is 0. The zero-order chi connectivity index (χ0) is 16.7. The number of carbonyl (C=O) groups is 1. The fourth-order valence-corrected chi connectivity index (χ4v) is 3.66. The molecular weight excluding hydrogens is 314 g/mol. The molecule has 0 unspecified atom stereocenters. The van der Waals surface area contributed by atoms with Gasteiger partial charge in [-0.3, -0.25) is 4.79 Å². The molecule has 2 aliphatic rings. The van der Waals surface area contributed by atoms with Crippen LogP contribution in [0.2, 0.25) is 0 Å². The first kappa shape index (κ1) is 15.3. The molecule has 0 saturated heterocycles. The van der Waals surface area contributed by atoms with Crippen LogP contribution in [0.15, 0.2) is 29.0 Å². The second-order valence-corrected chi connectivity index (χ2v) is 6.71. The van der Waals surface area contributed by atoms with Crippen LogP contribution in [0.4, 0.5) is 8.78 Å². The summed E-state index contributed by atoms with van der Waals surface area (Å²) in [5.41, 5.74) is 0.199. The highest BCUT2D eigenvalue weighted by molar-refractivity contribution is 5.93. The van der Waals surface area contributed by atoms with Crippen LogP contribution in [0.25, 0.3) is 0 Å². The highest BCUT2D eigenvalue weighted by Crippen LogP contribution is 2.42. The summed E-state index contributed by atoms with van der Waals surface area (Å²) in [6.45, 7) is 0. The van der Waals surface area contributed by atoms with Crippen molar-refractivity contribution in [1.29, 1.82) is 0 Å². The summed E-state index contributed by atoms with van der Waals surface area (Å²) in [6.07, 6.45) is 6.28. The number of hydrogen-bond acceptors (Lipinski definition) is 3. The highest BCUT2D eigenvalue weighted by atomic mass is 19.1. The Bertz CT molecular complexity index is 777. The SMILES string of the molecule is O=C(NC1(c2ccc(F)cc2F)CCCC1)c1ocnc1C1CC1. The van der Waals surface area contributed by atoms with Crippen LogP contribution in [0.5, 0.6) is 0 Å². The molecule has 1 heterocycles. The molecule has 126 valence electrons. The lowest BCUT2D eigenvalue weighted by Gasteiger charge is -2.31. The fraction of sp³-hybridized carbons (Fsp3) is 0.444. The summed E-state index contributed by atoms with van der Waals surface area (Å²) in [5.74, 6) is -1.13. The van der Waals surface area contributed by atoms with E-state index in [0.29, 0.717) is 24.1 Å². The van der Waals surface area contributed by atoms with Crippen LogP contribution in [0, 0.1) is 11.6 Å². The Morgan fingerprint density at radius 1 is 1.25 bits per heavy atom. The van der Waals surface area contributed by atoms with Gasteiger partial charge in [0.2, 0.25) is 5.76 Å². The number of benzene rings is 1. The molecule has 0 spiro atoms. The number of aromatic nitrogens is 1. The second kappa shape index (κ2) is 5.69. The molecule has 6 heteroatoms. The van der Waals surface area contributed by atoms with E-state index >= 15 is 0 Å². The van der Waals surface area contributed by atoms with Crippen molar-refractivity contribution in [3.05, 3.63) is 53.2 Å². The van der Waals surface area contributed by atoms with Gasteiger partial charge in [0.1, 0.15) is 11.6 Å². The molecular formula is C18H18F2N2O2. The first-order valence-electron chi connectivity index (χ1n) is 8.30. The topological polar surface area (TPSA) is 55.1 Å². The molecule has 1 aromatic heterocycles. The second-order valence-electron chi connectivity index (χ2n) is 6.71. The molecule has 1 N–H and O–H groups in total. The Labute approximate surface area is 138 Å². The summed E-state index contributed by atoms with van der Waals surface area (Å²) in [5, 5.41) is 2.96. The van der Waals surface area contributed by atoms with Gasteiger partial charge in [-0.25, -0.2) is 13.8 Å². The number of hydrogen-bond donors (Lipinski definition) is 1. The summed E-state index contributed by atoms with van der Waals surface area (Å²) in [7, 11) is 0. The van der Waals surface area contributed by atoms with Crippen LogP contribution in [-0.4, -0.2) is 10.9 Å². The predicted octanol–water partition coefficient (Wildman–Crippen LogP) is 4.03. The maximum absolute atomic E-state index is 14.3. The average molecular weight is 332 g/mol. The van der Waals surface area contributed by atoms with Gasteiger partial charge >= 0.3 is 0 Å². The Morgan fingerprint density at radius 2 is 2.00 bits per heavy atom. The highest BCUT2D eigenvalue weighted by Gasteiger charge is 2.41. The van der Waals surface area contributed by atoms with Crippen molar-refractivity contribution in [1.82, 2.24) is 10.3 Å². The van der Waals surface area contributed by atoms with Crippen molar-refractivity contribution < 1.29 is 18.0 Å². The molecule has 0 radical (unpaired) electrons. The Kier molecular flexibility index (Phi) is 3.62. The lowest BCUT2D eigenvalue weighted by Crippen LogP contribution is -2.44. The van der Waals surface area contributed by atoms with Crippen LogP contribution < -0.4 is 5.32 Å². The number of nitrogens with zero attached hydrogens (tertiary/aromatic N) is 1. The smallest absolute Gasteiger partial charge is 0.289 e. The lowest BCUT2D eigenvalue weighted by atomic mass is 9.87. The molecule has 24 heavy (non-hydrogen) atoms. The van der Waals surface area contributed by atoms with Gasteiger partial charge < -0.3 is 9.73 Å². The molecule has 4 nitrogen and oxygen atoms in total. The van der Waals surface area contributed by atoms with Crippen molar-refractivity contribution in [3.63, 3.8) is 0 Å². The minimum atomic E-state index is -0.817. The summed E-state index contributed by atoms with van der Waals surface area (Å²) in [6, 6.07) is 3.53. The molecule has 0 atom stereocenters. The minimum absolute atomic E-state index is 0.214. The summed E-state index contributed by atoms with van der Waals surface area (Å²) in [4.78, 5) is 16.9. The number of oxazole rings is 1. The number of amides is 1. The van der Waals surface area contributed by atoms with Gasteiger partial charge in [-0.15, -0.1) is 0 Å². The molecule has 2 fully saturated rings. The van der Waals surface area contributed by atoms with Crippen LogP contribution >= 0.6 is 0 Å². The molecule has 2 aromatic rings. The van der Waals surface area contributed by atoms with Gasteiger partial charge in [0, 0.05) is 17.5 Å². The van der Waals surface area contributed by atoms with Crippen molar-refractivity contribution >= 4 is 5.91 Å². The maximum Gasteiger partial charge on any atom is 0.289 e. The molecule has 1 amide bonds. The zero-order valence-corrected chi connectivity index (χ0v) is 13.1. The van der Waals surface area contributed by atoms with Gasteiger partial charge in [-0.2, -0.15) is 0 Å². The maximum atomic E-state index is 14.3. The first-order valence-corrected chi connectivity index (χ1v) is 8.30. The van der Waals surface area contributed by atoms with E-state index < -0.39 is 17.2 Å². The van der Waals surface area contributed by atoms with Gasteiger partial charge in [-0.1, -0.05) is 18.9 Å². The monoisotopic (exact) mass is 332 g/mol. The Balaban J connectivity index is 1.66. The van der Waals surface area contributed by atoms with E-state index in [1.807, 2.05) is 0 Å². The van der Waals surface area contributed by atoms with E-state index in [1.165, 1.54) is 18.5 Å². The number of carbonyl (C=O) groups excluding carboxylic acids is 1. The van der Waals surface area contributed by atoms with Gasteiger partial charge in [0.25, 0.3) is 5.91 Å². The molecule has 2 saturated carbocycles. The van der Waals surface area contributed by atoms with E-state index in [9.17, 15) is 13.6 Å². The van der Waals surface area contributed by atoms with E-state index in [-0.39, 0.29) is 17.6 Å². The molecule has 1 aromatic carbocycles. The normalized spacial score (nSPS) is 19.4. The average Bonchev–Trinajstić information content (AvgIpc) is 3.08. The van der Waals surface area contributed by atoms with Gasteiger partial charge in [-0.05, 0) is 31.7 Å². The standard InChI is InChI=1S/C18H18F2N2O2/c19-12-5-6-13(14(20)9-12)18(7-1-2-8-18)22-17(23)16-15(11-3-4-11)21-10-24-16/h5-6,9-11H,1-4,7-8H2,(H,22,23). The third-order valence-corrected chi connectivity index (χ3v) is 5.02. The van der Waals surface area contributed by atoms with Crippen molar-refractivity contribution in [2.75, 3.05) is 0 Å². The third kappa shape index (κ3) is 2.60. The molecule has 0 aliphatic heterocycles. The number of rotatable bonds is 4. The van der Waals surface area contributed by atoms with Gasteiger partial charge in [0.15, 0.2) is 6.39 Å². The van der Waals surface area contributed by atoms with E-state index in [4.69, 9.17) is 4.42 Å². The number of halogens is 2. The predicted molar refractivity (Wildman–Crippen MR) is 82.4 cm³/mol. The van der Waals surface area contributed by atoms with Crippen molar-refractivity contribution in [3.8, 4) is 0 Å². The van der Waals surface area contributed by atoms with E-state index in [0.717, 1.165) is 31.7 Å². The molecule has 0 bridgehead atoms. The molecule has 2 aliphatic carbocycles. The molecule has 4 rings (SSSR count). The van der Waals surface area contributed by atoms with Crippen LogP contribution in [0.3, 0.4) is 0 Å². The Morgan fingerprint density at radius 3 is 2.67 bits per heavy atom. The fourth-order valence-electron chi connectivity index (χ4n) is 3.66. The quantitative estimate of drug-likeness (QED) is 0.920. The van der Waals surface area contributed by atoms with Crippen molar-refractivity contribution in [2.45, 2.75) is 50.0 Å². The van der Waals surface area contributed by atoms with E-state index in [1.54, 1.807) is 0 Å². The number of nitrogens with one attached hydrogen (secondary N) is 1. The third-order valence-electron chi connectivity index (χ3n) is 5.02. The first-order chi connectivity index (χ1) is 11.6. The van der Waals surface area contributed by atoms with Gasteiger partial charge in [0.05, 0.1) is 11.2 Å². The zero-order valence-electron chi connectivity index (χ0n) is 13.1. The van der Waals surface area contributed by atoms with Crippen LogP contribution in [0.1, 0.15) is 66.3 Å². The Hall–Kier alpha value is -2.24. The summed E-state index contributed by atoms with van der Waals surface area (Å²) < 4.78 is 32.9. The van der Waals surface area contributed by atoms with E-state index in [2.05, 4.69) is 10.3 Å². The van der Waals surface area contributed by atoms with Crippen LogP contribution in [-0.2, 0) is 5.54 Å².